The molecule has 100 valence electrons. The smallest absolute Gasteiger partial charge is 0.304 e. The first kappa shape index (κ1) is 13.5. The molecule has 4 nitrogen and oxygen atoms in total. The molecule has 0 radical (unpaired) electrons. The number of hydrogen-bond donors (Lipinski definition) is 3. The molecule has 0 bridgehead atoms. The topological polar surface area (TPSA) is 75.3 Å². The molecule has 1 atom stereocenters. The lowest BCUT2D eigenvalue weighted by atomic mass is 10.0. The summed E-state index contributed by atoms with van der Waals surface area (Å²) in [4.78, 5) is 10.5. The van der Waals surface area contributed by atoms with Crippen LogP contribution in [-0.4, -0.2) is 23.7 Å². The second kappa shape index (κ2) is 6.31. The molecule has 0 aliphatic carbocycles. The first-order valence-corrected chi connectivity index (χ1v) is 6.31. The van der Waals surface area contributed by atoms with Crippen LogP contribution in [0.15, 0.2) is 42.5 Å². The van der Waals surface area contributed by atoms with Crippen molar-refractivity contribution in [2.45, 2.75) is 19.0 Å². The third-order valence-electron chi connectivity index (χ3n) is 3.04. The number of nitrogens with one attached hydrogen (secondary N) is 1. The quantitative estimate of drug-likeness (QED) is 0.737. The Balaban J connectivity index is 1.97. The Bertz CT molecular complexity index is 564. The molecule has 0 amide bonds. The van der Waals surface area contributed by atoms with Gasteiger partial charge in [-0.2, -0.15) is 0 Å². The lowest BCUT2D eigenvalue weighted by Gasteiger charge is -2.12. The van der Waals surface area contributed by atoms with E-state index in [-0.39, 0.29) is 12.5 Å². The maximum atomic E-state index is 10.5. The Morgan fingerprint density at radius 3 is 2.74 bits per heavy atom. The molecule has 0 saturated heterocycles. The summed E-state index contributed by atoms with van der Waals surface area (Å²) in [6.07, 6.45) is -0.0114. The van der Waals surface area contributed by atoms with E-state index in [1.54, 1.807) is 0 Å². The molecule has 4 heteroatoms. The van der Waals surface area contributed by atoms with E-state index in [9.17, 15) is 4.79 Å². The van der Waals surface area contributed by atoms with Crippen molar-refractivity contribution >= 4 is 16.7 Å². The Labute approximate surface area is 112 Å². The van der Waals surface area contributed by atoms with Gasteiger partial charge in [-0.25, -0.2) is 0 Å². The van der Waals surface area contributed by atoms with Gasteiger partial charge in [0.2, 0.25) is 0 Å². The summed E-state index contributed by atoms with van der Waals surface area (Å²) in [7, 11) is 0. The van der Waals surface area contributed by atoms with Gasteiger partial charge in [0.1, 0.15) is 0 Å². The number of carboxylic acid groups (broad SMARTS) is 1. The first-order chi connectivity index (χ1) is 9.16. The monoisotopic (exact) mass is 258 g/mol. The van der Waals surface area contributed by atoms with E-state index < -0.39 is 5.97 Å². The van der Waals surface area contributed by atoms with Gasteiger partial charge in [0.05, 0.1) is 6.42 Å². The molecule has 0 spiro atoms. The molecule has 19 heavy (non-hydrogen) atoms. The highest BCUT2D eigenvalue weighted by Gasteiger charge is 2.07. The highest BCUT2D eigenvalue weighted by atomic mass is 16.4. The number of hydrogen-bond acceptors (Lipinski definition) is 3. The lowest BCUT2D eigenvalue weighted by Crippen LogP contribution is -2.35. The van der Waals surface area contributed by atoms with Gasteiger partial charge in [0.25, 0.3) is 0 Å². The predicted molar refractivity (Wildman–Crippen MR) is 75.9 cm³/mol. The average molecular weight is 258 g/mol. The van der Waals surface area contributed by atoms with Crippen molar-refractivity contribution in [2.75, 3.05) is 6.54 Å². The van der Waals surface area contributed by atoms with Crippen molar-refractivity contribution in [1.29, 1.82) is 0 Å². The molecular weight excluding hydrogens is 240 g/mol. The summed E-state index contributed by atoms with van der Waals surface area (Å²) in [6, 6.07) is 14.0. The van der Waals surface area contributed by atoms with Crippen molar-refractivity contribution < 1.29 is 9.90 Å². The Kier molecular flexibility index (Phi) is 4.49. The van der Waals surface area contributed by atoms with Crippen molar-refractivity contribution in [1.82, 2.24) is 5.32 Å². The van der Waals surface area contributed by atoms with E-state index in [1.165, 1.54) is 16.3 Å². The molecule has 2 rings (SSSR count). The normalized spacial score (nSPS) is 12.5. The molecule has 0 aliphatic heterocycles. The maximum Gasteiger partial charge on any atom is 0.304 e. The van der Waals surface area contributed by atoms with E-state index in [2.05, 4.69) is 29.6 Å². The van der Waals surface area contributed by atoms with Crippen LogP contribution in [0.2, 0.25) is 0 Å². The van der Waals surface area contributed by atoms with Crippen molar-refractivity contribution in [3.8, 4) is 0 Å². The van der Waals surface area contributed by atoms with E-state index >= 15 is 0 Å². The fraction of sp³-hybridized carbons (Fsp3) is 0.267. The number of nitrogens with two attached hydrogens (primary N) is 1. The van der Waals surface area contributed by atoms with Crippen LogP contribution in [0.25, 0.3) is 10.8 Å². The molecule has 1 unspecified atom stereocenters. The standard InChI is InChI=1S/C15H18N2O2/c16-13(8-15(18)19)10-17-9-12-6-3-5-11-4-1-2-7-14(11)12/h1-7,13,17H,8-10,16H2,(H,18,19). The molecular formula is C15H18N2O2. The second-order valence-electron chi connectivity index (χ2n) is 4.63. The fourth-order valence-corrected chi connectivity index (χ4v) is 2.14. The van der Waals surface area contributed by atoms with Crippen LogP contribution < -0.4 is 11.1 Å². The second-order valence-corrected chi connectivity index (χ2v) is 4.63. The number of fused-ring (bicyclic) bond motifs is 1. The van der Waals surface area contributed by atoms with Crippen LogP contribution in [-0.2, 0) is 11.3 Å². The number of rotatable bonds is 6. The van der Waals surface area contributed by atoms with Crippen molar-refractivity contribution in [2.24, 2.45) is 5.73 Å². The number of carboxylic acids is 1. The van der Waals surface area contributed by atoms with E-state index in [4.69, 9.17) is 10.8 Å². The van der Waals surface area contributed by atoms with Gasteiger partial charge in [-0.1, -0.05) is 42.5 Å². The summed E-state index contributed by atoms with van der Waals surface area (Å²) < 4.78 is 0. The minimum atomic E-state index is -0.862. The highest BCUT2D eigenvalue weighted by molar-refractivity contribution is 5.85. The molecule has 2 aromatic carbocycles. The van der Waals surface area contributed by atoms with Crippen LogP contribution >= 0.6 is 0 Å². The Morgan fingerprint density at radius 1 is 1.21 bits per heavy atom. The number of aliphatic carboxylic acids is 1. The van der Waals surface area contributed by atoms with Gasteiger partial charge in [-0.15, -0.1) is 0 Å². The van der Waals surface area contributed by atoms with E-state index in [0.29, 0.717) is 13.1 Å². The number of carbonyl (C=O) groups is 1. The Hall–Kier alpha value is -1.91. The van der Waals surface area contributed by atoms with E-state index in [0.717, 1.165) is 0 Å². The zero-order chi connectivity index (χ0) is 13.7. The van der Waals surface area contributed by atoms with Crippen LogP contribution in [0.5, 0.6) is 0 Å². The highest BCUT2D eigenvalue weighted by Crippen LogP contribution is 2.18. The molecule has 0 aromatic heterocycles. The average Bonchev–Trinajstić information content (AvgIpc) is 2.38. The summed E-state index contributed by atoms with van der Waals surface area (Å²) in [5.74, 6) is -0.862. The van der Waals surface area contributed by atoms with Gasteiger partial charge in [-0.3, -0.25) is 4.79 Å². The van der Waals surface area contributed by atoms with Gasteiger partial charge >= 0.3 is 5.97 Å². The van der Waals surface area contributed by atoms with Crippen LogP contribution in [0.4, 0.5) is 0 Å². The largest absolute Gasteiger partial charge is 0.481 e. The van der Waals surface area contributed by atoms with Gasteiger partial charge in [-0.05, 0) is 16.3 Å². The fourth-order valence-electron chi connectivity index (χ4n) is 2.14. The lowest BCUT2D eigenvalue weighted by molar-refractivity contribution is -0.137. The maximum absolute atomic E-state index is 10.5. The van der Waals surface area contributed by atoms with Crippen LogP contribution in [0.1, 0.15) is 12.0 Å². The zero-order valence-corrected chi connectivity index (χ0v) is 10.7. The van der Waals surface area contributed by atoms with Gasteiger partial charge in [0, 0.05) is 19.1 Å². The first-order valence-electron chi connectivity index (χ1n) is 6.31. The minimum absolute atomic E-state index is 0.0114. The molecule has 4 N–H and O–H groups in total. The van der Waals surface area contributed by atoms with Crippen LogP contribution in [0.3, 0.4) is 0 Å². The van der Waals surface area contributed by atoms with Crippen molar-refractivity contribution in [3.05, 3.63) is 48.0 Å². The van der Waals surface area contributed by atoms with Gasteiger partial charge in [0.15, 0.2) is 0 Å². The molecule has 0 saturated carbocycles. The Morgan fingerprint density at radius 2 is 1.95 bits per heavy atom. The SMILES string of the molecule is NC(CNCc1cccc2ccccc12)CC(=O)O. The molecule has 0 heterocycles. The van der Waals surface area contributed by atoms with E-state index in [1.807, 2.05) is 18.2 Å². The number of benzene rings is 2. The molecule has 0 aliphatic rings. The summed E-state index contributed by atoms with van der Waals surface area (Å²) >= 11 is 0. The van der Waals surface area contributed by atoms with Crippen molar-refractivity contribution in [3.63, 3.8) is 0 Å². The zero-order valence-electron chi connectivity index (χ0n) is 10.7. The third-order valence-corrected chi connectivity index (χ3v) is 3.04. The molecule has 0 fully saturated rings. The molecule has 2 aromatic rings. The predicted octanol–water partition coefficient (Wildman–Crippen LogP) is 1.73. The third kappa shape index (κ3) is 3.77. The minimum Gasteiger partial charge on any atom is -0.481 e. The summed E-state index contributed by atoms with van der Waals surface area (Å²) in [5.41, 5.74) is 6.90. The van der Waals surface area contributed by atoms with Crippen LogP contribution in [0, 0.1) is 0 Å². The van der Waals surface area contributed by atoms with Gasteiger partial charge < -0.3 is 16.2 Å². The summed E-state index contributed by atoms with van der Waals surface area (Å²) in [6.45, 7) is 1.18. The summed E-state index contributed by atoms with van der Waals surface area (Å²) in [5, 5.41) is 14.3.